The molecule has 1 amide bonds. The summed E-state index contributed by atoms with van der Waals surface area (Å²) in [6.45, 7) is 1.86. The van der Waals surface area contributed by atoms with Gasteiger partial charge in [-0.05, 0) is 83.6 Å². The van der Waals surface area contributed by atoms with E-state index in [0.717, 1.165) is 9.13 Å². The van der Waals surface area contributed by atoms with Crippen molar-refractivity contribution >= 4 is 49.9 Å². The van der Waals surface area contributed by atoms with Gasteiger partial charge in [0, 0.05) is 9.26 Å². The number of carbonyl (C=O) groups is 1. The molecule has 3 rings (SSSR count). The highest BCUT2D eigenvalue weighted by atomic mass is 127. The molecule has 150 valence electrons. The summed E-state index contributed by atoms with van der Waals surface area (Å²) in [4.78, 5) is 12.5. The highest BCUT2D eigenvalue weighted by Gasteiger charge is 2.17. The Balaban J connectivity index is 1.78. The van der Waals surface area contributed by atoms with Crippen LogP contribution >= 0.6 is 22.6 Å². The molecule has 0 heterocycles. The first kappa shape index (κ1) is 21.1. The standard InChI is InChI=1S/C21H19IN2O4S/c1-14-7-12-20(28-2)19(13-14)24-29(26,27)16-10-8-15(9-11-16)23-21(25)17-5-3-4-6-18(17)22/h3-13,24H,1-2H3,(H,23,25). The Bertz CT molecular complexity index is 1150. The van der Waals surface area contributed by atoms with Gasteiger partial charge in [-0.2, -0.15) is 0 Å². The first-order valence-corrected chi connectivity index (χ1v) is 11.2. The van der Waals surface area contributed by atoms with Gasteiger partial charge in [-0.15, -0.1) is 0 Å². The normalized spacial score (nSPS) is 11.0. The maximum Gasteiger partial charge on any atom is 0.262 e. The fourth-order valence-electron chi connectivity index (χ4n) is 2.67. The zero-order chi connectivity index (χ0) is 21.0. The molecule has 0 unspecified atom stereocenters. The summed E-state index contributed by atoms with van der Waals surface area (Å²) in [5, 5.41) is 2.77. The predicted molar refractivity (Wildman–Crippen MR) is 122 cm³/mol. The summed E-state index contributed by atoms with van der Waals surface area (Å²) in [5.41, 5.74) is 2.32. The van der Waals surface area contributed by atoms with E-state index in [2.05, 4.69) is 32.6 Å². The molecular weight excluding hydrogens is 503 g/mol. The topological polar surface area (TPSA) is 84.5 Å². The molecule has 0 fully saturated rings. The summed E-state index contributed by atoms with van der Waals surface area (Å²) >= 11 is 2.09. The maximum absolute atomic E-state index is 12.7. The molecule has 0 spiro atoms. The number of sulfonamides is 1. The van der Waals surface area contributed by atoms with Gasteiger partial charge in [-0.3, -0.25) is 9.52 Å². The zero-order valence-corrected chi connectivity index (χ0v) is 18.7. The number of aryl methyl sites for hydroxylation is 1. The molecule has 0 saturated heterocycles. The summed E-state index contributed by atoms with van der Waals surface area (Å²) in [6, 6.07) is 18.4. The van der Waals surface area contributed by atoms with Crippen molar-refractivity contribution in [2.24, 2.45) is 0 Å². The molecule has 2 N–H and O–H groups in total. The first-order chi connectivity index (χ1) is 13.8. The van der Waals surface area contributed by atoms with Crippen molar-refractivity contribution in [1.29, 1.82) is 0 Å². The van der Waals surface area contributed by atoms with Gasteiger partial charge in [0.25, 0.3) is 15.9 Å². The second kappa shape index (κ2) is 8.83. The Morgan fingerprint density at radius 1 is 1.00 bits per heavy atom. The number of methoxy groups -OCH3 is 1. The smallest absolute Gasteiger partial charge is 0.262 e. The second-order valence-electron chi connectivity index (χ2n) is 6.27. The number of nitrogens with one attached hydrogen (secondary N) is 2. The van der Waals surface area contributed by atoms with Crippen molar-refractivity contribution in [2.45, 2.75) is 11.8 Å². The lowest BCUT2D eigenvalue weighted by Gasteiger charge is -2.13. The minimum Gasteiger partial charge on any atom is -0.495 e. The van der Waals surface area contributed by atoms with E-state index in [-0.39, 0.29) is 10.8 Å². The number of amides is 1. The van der Waals surface area contributed by atoms with Crippen LogP contribution in [0.1, 0.15) is 15.9 Å². The van der Waals surface area contributed by atoms with E-state index >= 15 is 0 Å². The fourth-order valence-corrected chi connectivity index (χ4v) is 4.36. The zero-order valence-electron chi connectivity index (χ0n) is 15.8. The van der Waals surface area contributed by atoms with Crippen molar-refractivity contribution in [2.75, 3.05) is 17.1 Å². The number of benzene rings is 3. The number of hydrogen-bond acceptors (Lipinski definition) is 4. The fraction of sp³-hybridized carbons (Fsp3) is 0.0952. The quantitative estimate of drug-likeness (QED) is 0.462. The van der Waals surface area contributed by atoms with E-state index in [9.17, 15) is 13.2 Å². The third-order valence-corrected chi connectivity index (χ3v) is 6.46. The molecule has 3 aromatic carbocycles. The van der Waals surface area contributed by atoms with E-state index in [1.807, 2.05) is 25.1 Å². The van der Waals surface area contributed by atoms with Crippen LogP contribution in [0.15, 0.2) is 71.6 Å². The van der Waals surface area contributed by atoms with Crippen molar-refractivity contribution in [3.05, 3.63) is 81.4 Å². The maximum atomic E-state index is 12.7. The van der Waals surface area contributed by atoms with Crippen LogP contribution in [0.25, 0.3) is 0 Å². The third kappa shape index (κ3) is 5.07. The minimum atomic E-state index is -3.81. The molecule has 0 saturated carbocycles. The average Bonchev–Trinajstić information content (AvgIpc) is 2.68. The van der Waals surface area contributed by atoms with E-state index < -0.39 is 10.0 Å². The number of carbonyl (C=O) groups excluding carboxylic acids is 1. The first-order valence-electron chi connectivity index (χ1n) is 8.63. The second-order valence-corrected chi connectivity index (χ2v) is 9.11. The van der Waals surface area contributed by atoms with Crippen LogP contribution in [0, 0.1) is 10.5 Å². The monoisotopic (exact) mass is 522 g/mol. The summed E-state index contributed by atoms with van der Waals surface area (Å²) in [6.07, 6.45) is 0. The molecule has 0 bridgehead atoms. The molecule has 6 nitrogen and oxygen atoms in total. The van der Waals surface area contributed by atoms with Crippen LogP contribution in [-0.2, 0) is 10.0 Å². The van der Waals surface area contributed by atoms with Gasteiger partial charge in [0.05, 0.1) is 23.3 Å². The lowest BCUT2D eigenvalue weighted by molar-refractivity contribution is 0.102. The number of hydrogen-bond donors (Lipinski definition) is 2. The van der Waals surface area contributed by atoms with E-state index in [1.54, 1.807) is 36.4 Å². The Morgan fingerprint density at radius 2 is 1.69 bits per heavy atom. The van der Waals surface area contributed by atoms with Gasteiger partial charge in [-0.1, -0.05) is 18.2 Å². The highest BCUT2D eigenvalue weighted by Crippen LogP contribution is 2.28. The predicted octanol–water partition coefficient (Wildman–Crippen LogP) is 4.66. The Hall–Kier alpha value is -2.59. The lowest BCUT2D eigenvalue weighted by atomic mass is 10.2. The average molecular weight is 522 g/mol. The van der Waals surface area contributed by atoms with Gasteiger partial charge >= 0.3 is 0 Å². The molecule has 0 radical (unpaired) electrons. The van der Waals surface area contributed by atoms with Gasteiger partial charge in [0.1, 0.15) is 5.75 Å². The lowest BCUT2D eigenvalue weighted by Crippen LogP contribution is -2.15. The van der Waals surface area contributed by atoms with Crippen molar-refractivity contribution in [3.8, 4) is 5.75 Å². The van der Waals surface area contributed by atoms with E-state index in [1.165, 1.54) is 19.2 Å². The molecule has 8 heteroatoms. The van der Waals surface area contributed by atoms with Crippen LogP contribution in [-0.4, -0.2) is 21.4 Å². The molecule has 0 aromatic heterocycles. The van der Waals surface area contributed by atoms with Crippen molar-refractivity contribution < 1.29 is 17.9 Å². The molecule has 0 aliphatic heterocycles. The van der Waals surface area contributed by atoms with E-state index in [0.29, 0.717) is 22.7 Å². The minimum absolute atomic E-state index is 0.0772. The van der Waals surface area contributed by atoms with Gasteiger partial charge in [0.15, 0.2) is 0 Å². The van der Waals surface area contributed by atoms with Crippen molar-refractivity contribution in [1.82, 2.24) is 0 Å². The molecule has 3 aromatic rings. The molecule has 0 aliphatic carbocycles. The summed E-state index contributed by atoms with van der Waals surface area (Å²) in [5.74, 6) is 0.175. The number of ether oxygens (including phenoxy) is 1. The Morgan fingerprint density at radius 3 is 2.34 bits per heavy atom. The third-order valence-electron chi connectivity index (χ3n) is 4.14. The van der Waals surface area contributed by atoms with Crippen LogP contribution < -0.4 is 14.8 Å². The summed E-state index contributed by atoms with van der Waals surface area (Å²) < 4.78 is 34.1. The number of halogens is 1. The summed E-state index contributed by atoms with van der Waals surface area (Å²) in [7, 11) is -2.33. The molecular formula is C21H19IN2O4S. The highest BCUT2D eigenvalue weighted by molar-refractivity contribution is 14.1. The SMILES string of the molecule is COc1ccc(C)cc1NS(=O)(=O)c1ccc(NC(=O)c2ccccc2I)cc1. The van der Waals surface area contributed by atoms with Crippen LogP contribution in [0.2, 0.25) is 0 Å². The Labute approximate surface area is 183 Å². The molecule has 0 aliphatic rings. The van der Waals surface area contributed by atoms with Crippen LogP contribution in [0.4, 0.5) is 11.4 Å². The van der Waals surface area contributed by atoms with E-state index in [4.69, 9.17) is 4.74 Å². The molecule has 0 atom stereocenters. The number of anilines is 2. The largest absolute Gasteiger partial charge is 0.495 e. The van der Waals surface area contributed by atoms with Gasteiger partial charge in [0.2, 0.25) is 0 Å². The number of rotatable bonds is 6. The van der Waals surface area contributed by atoms with Gasteiger partial charge < -0.3 is 10.1 Å². The molecule has 29 heavy (non-hydrogen) atoms. The van der Waals surface area contributed by atoms with Crippen molar-refractivity contribution in [3.63, 3.8) is 0 Å². The van der Waals surface area contributed by atoms with Gasteiger partial charge in [-0.25, -0.2) is 8.42 Å². The van der Waals surface area contributed by atoms with Crippen LogP contribution in [0.5, 0.6) is 5.75 Å². The van der Waals surface area contributed by atoms with Crippen LogP contribution in [0.3, 0.4) is 0 Å². The Kier molecular flexibility index (Phi) is 6.43.